The number of nitrogens with zero attached hydrogens (tertiary/aromatic N) is 2. The third-order valence-electron chi connectivity index (χ3n) is 6.07. The molecule has 6 rings (SSSR count). The standard InChI is InChI=1S/C28H22N2O/c1-18(2)20-14-15-27-22(16-20)23(17-31-27)28-29-24-11-5-6-12-26(24)30(28)25-13-7-9-19-8-3-4-10-21(19)25/h3-18H,1-2H3. The summed E-state index contributed by atoms with van der Waals surface area (Å²) >= 11 is 0. The quantitative estimate of drug-likeness (QED) is 0.303. The van der Waals surface area contributed by atoms with Gasteiger partial charge in [-0.2, -0.15) is 0 Å². The minimum Gasteiger partial charge on any atom is -0.464 e. The highest BCUT2D eigenvalue weighted by atomic mass is 16.3. The fraction of sp³-hybridized carbons (Fsp3) is 0.107. The van der Waals surface area contributed by atoms with Crippen molar-refractivity contribution in [2.45, 2.75) is 19.8 Å². The van der Waals surface area contributed by atoms with E-state index in [1.54, 1.807) is 0 Å². The van der Waals surface area contributed by atoms with Crippen LogP contribution in [0.15, 0.2) is 95.6 Å². The van der Waals surface area contributed by atoms with Gasteiger partial charge in [0.05, 0.1) is 22.3 Å². The maximum absolute atomic E-state index is 5.96. The highest BCUT2D eigenvalue weighted by Crippen LogP contribution is 2.37. The first-order chi connectivity index (χ1) is 15.2. The van der Waals surface area contributed by atoms with Crippen LogP contribution in [-0.2, 0) is 0 Å². The van der Waals surface area contributed by atoms with E-state index in [-0.39, 0.29) is 0 Å². The third kappa shape index (κ3) is 2.77. The Labute approximate surface area is 180 Å². The molecule has 2 aromatic heterocycles. The maximum atomic E-state index is 5.96. The first-order valence-corrected chi connectivity index (χ1v) is 10.7. The molecule has 0 radical (unpaired) electrons. The van der Waals surface area contributed by atoms with E-state index in [0.717, 1.165) is 39.1 Å². The number of aromatic nitrogens is 2. The van der Waals surface area contributed by atoms with Crippen LogP contribution in [0.1, 0.15) is 25.3 Å². The first-order valence-electron chi connectivity index (χ1n) is 10.7. The van der Waals surface area contributed by atoms with Gasteiger partial charge in [-0.15, -0.1) is 0 Å². The number of hydrogen-bond donors (Lipinski definition) is 0. The number of furan rings is 1. The third-order valence-corrected chi connectivity index (χ3v) is 6.07. The molecule has 0 atom stereocenters. The van der Waals surface area contributed by atoms with Gasteiger partial charge in [0.25, 0.3) is 0 Å². The van der Waals surface area contributed by atoms with E-state index in [0.29, 0.717) is 5.92 Å². The molecule has 0 aliphatic rings. The Bertz CT molecular complexity index is 1560. The second-order valence-corrected chi connectivity index (χ2v) is 8.32. The summed E-state index contributed by atoms with van der Waals surface area (Å²) in [6.45, 7) is 4.43. The molecule has 3 nitrogen and oxygen atoms in total. The topological polar surface area (TPSA) is 31.0 Å². The number of imidazole rings is 1. The molecule has 0 spiro atoms. The molecule has 0 aliphatic carbocycles. The molecule has 0 N–H and O–H groups in total. The molecular formula is C28H22N2O. The van der Waals surface area contributed by atoms with Crippen LogP contribution in [-0.4, -0.2) is 9.55 Å². The lowest BCUT2D eigenvalue weighted by atomic mass is 10.0. The lowest BCUT2D eigenvalue weighted by molar-refractivity contribution is 0.616. The zero-order chi connectivity index (χ0) is 20.9. The zero-order valence-electron chi connectivity index (χ0n) is 17.5. The summed E-state index contributed by atoms with van der Waals surface area (Å²) in [6.07, 6.45) is 1.84. The molecule has 0 amide bonds. The van der Waals surface area contributed by atoms with E-state index in [9.17, 15) is 0 Å². The predicted molar refractivity (Wildman–Crippen MR) is 128 cm³/mol. The number of benzene rings is 4. The summed E-state index contributed by atoms with van der Waals surface area (Å²) in [5, 5.41) is 3.51. The van der Waals surface area contributed by atoms with Crippen molar-refractivity contribution in [1.82, 2.24) is 9.55 Å². The van der Waals surface area contributed by atoms with Gasteiger partial charge in [-0.3, -0.25) is 4.57 Å². The Morgan fingerprint density at radius 2 is 1.61 bits per heavy atom. The Kier molecular flexibility index (Phi) is 3.97. The molecule has 0 fully saturated rings. The zero-order valence-corrected chi connectivity index (χ0v) is 17.5. The van der Waals surface area contributed by atoms with Crippen molar-refractivity contribution in [2.75, 3.05) is 0 Å². The van der Waals surface area contributed by atoms with Crippen molar-refractivity contribution < 1.29 is 4.42 Å². The van der Waals surface area contributed by atoms with Crippen LogP contribution in [0.5, 0.6) is 0 Å². The predicted octanol–water partition coefficient (Wildman–Crippen LogP) is 7.72. The van der Waals surface area contributed by atoms with Crippen molar-refractivity contribution in [1.29, 1.82) is 0 Å². The summed E-state index contributed by atoms with van der Waals surface area (Å²) in [7, 11) is 0. The van der Waals surface area contributed by atoms with Gasteiger partial charge in [0, 0.05) is 10.8 Å². The van der Waals surface area contributed by atoms with Crippen LogP contribution < -0.4 is 0 Å². The van der Waals surface area contributed by atoms with Gasteiger partial charge in [0.15, 0.2) is 0 Å². The van der Waals surface area contributed by atoms with Crippen LogP contribution in [0.3, 0.4) is 0 Å². The second kappa shape index (κ2) is 6.85. The van der Waals surface area contributed by atoms with Crippen molar-refractivity contribution in [3.05, 3.63) is 96.8 Å². The maximum Gasteiger partial charge on any atom is 0.149 e. The lowest BCUT2D eigenvalue weighted by Crippen LogP contribution is -1.98. The Morgan fingerprint density at radius 1 is 0.806 bits per heavy atom. The van der Waals surface area contributed by atoms with Gasteiger partial charge in [0.1, 0.15) is 17.7 Å². The van der Waals surface area contributed by atoms with Gasteiger partial charge in [0.2, 0.25) is 0 Å². The summed E-state index contributed by atoms with van der Waals surface area (Å²) in [4.78, 5) is 5.07. The fourth-order valence-corrected chi connectivity index (χ4v) is 4.43. The smallest absolute Gasteiger partial charge is 0.149 e. The van der Waals surface area contributed by atoms with E-state index >= 15 is 0 Å². The van der Waals surface area contributed by atoms with Gasteiger partial charge in [-0.1, -0.05) is 68.4 Å². The molecule has 0 saturated carbocycles. The van der Waals surface area contributed by atoms with Gasteiger partial charge in [-0.25, -0.2) is 4.98 Å². The number of rotatable bonds is 3. The number of para-hydroxylation sites is 2. The number of hydrogen-bond acceptors (Lipinski definition) is 2. The minimum atomic E-state index is 0.448. The van der Waals surface area contributed by atoms with Gasteiger partial charge < -0.3 is 4.42 Å². The monoisotopic (exact) mass is 402 g/mol. The molecular weight excluding hydrogens is 380 g/mol. The van der Waals surface area contributed by atoms with Crippen molar-refractivity contribution >= 4 is 32.8 Å². The molecule has 0 aliphatic heterocycles. The Morgan fingerprint density at radius 3 is 2.52 bits per heavy atom. The fourth-order valence-electron chi connectivity index (χ4n) is 4.43. The molecule has 31 heavy (non-hydrogen) atoms. The van der Waals surface area contributed by atoms with E-state index in [1.165, 1.54) is 16.3 Å². The van der Waals surface area contributed by atoms with Gasteiger partial charge >= 0.3 is 0 Å². The Hall–Kier alpha value is -3.85. The van der Waals surface area contributed by atoms with Crippen LogP contribution in [0.4, 0.5) is 0 Å². The molecule has 150 valence electrons. The first kappa shape index (κ1) is 18.0. The normalized spacial score (nSPS) is 11.8. The van der Waals surface area contributed by atoms with Crippen LogP contribution in [0, 0.1) is 0 Å². The molecule has 0 bridgehead atoms. The van der Waals surface area contributed by atoms with E-state index in [2.05, 4.69) is 97.3 Å². The van der Waals surface area contributed by atoms with Crippen molar-refractivity contribution in [3.63, 3.8) is 0 Å². The van der Waals surface area contributed by atoms with Crippen LogP contribution in [0.25, 0.3) is 49.9 Å². The van der Waals surface area contributed by atoms with E-state index in [4.69, 9.17) is 9.40 Å². The average molecular weight is 402 g/mol. The molecule has 3 heteroatoms. The highest BCUT2D eigenvalue weighted by molar-refractivity contribution is 5.98. The molecule has 4 aromatic carbocycles. The largest absolute Gasteiger partial charge is 0.464 e. The van der Waals surface area contributed by atoms with Crippen LogP contribution >= 0.6 is 0 Å². The SMILES string of the molecule is CC(C)c1ccc2occ(-c3nc4ccccc4n3-c3cccc4ccccc34)c2c1. The number of fused-ring (bicyclic) bond motifs is 3. The van der Waals surface area contributed by atoms with Crippen molar-refractivity contribution in [3.8, 4) is 17.1 Å². The molecule has 0 unspecified atom stereocenters. The average Bonchev–Trinajstić information content (AvgIpc) is 3.39. The highest BCUT2D eigenvalue weighted by Gasteiger charge is 2.20. The van der Waals surface area contributed by atoms with Crippen molar-refractivity contribution in [2.24, 2.45) is 0 Å². The molecule has 2 heterocycles. The Balaban J connectivity index is 1.71. The summed E-state index contributed by atoms with van der Waals surface area (Å²) in [5.74, 6) is 1.35. The molecule has 6 aromatic rings. The summed E-state index contributed by atoms with van der Waals surface area (Å²) in [5.41, 5.74) is 6.37. The van der Waals surface area contributed by atoms with E-state index in [1.807, 2.05) is 12.3 Å². The van der Waals surface area contributed by atoms with E-state index < -0.39 is 0 Å². The summed E-state index contributed by atoms with van der Waals surface area (Å²) in [6, 6.07) is 29.7. The van der Waals surface area contributed by atoms with Gasteiger partial charge in [-0.05, 0) is 47.2 Å². The lowest BCUT2D eigenvalue weighted by Gasteiger charge is -2.12. The summed E-state index contributed by atoms with van der Waals surface area (Å²) < 4.78 is 8.23. The second-order valence-electron chi connectivity index (χ2n) is 8.32. The molecule has 0 saturated heterocycles. The van der Waals surface area contributed by atoms with Crippen LogP contribution in [0.2, 0.25) is 0 Å². The minimum absolute atomic E-state index is 0.448.